The highest BCUT2D eigenvalue weighted by atomic mass is 19.4. The molecule has 0 amide bonds. The number of rotatable bonds is 2. The largest absolute Gasteiger partial charge is 0.416 e. The third-order valence-electron chi connectivity index (χ3n) is 8.13. The van der Waals surface area contributed by atoms with E-state index in [0.29, 0.717) is 42.9 Å². The highest BCUT2D eigenvalue weighted by molar-refractivity contribution is 5.55. The van der Waals surface area contributed by atoms with Crippen LogP contribution in [0.1, 0.15) is 103 Å². The van der Waals surface area contributed by atoms with Gasteiger partial charge in [-0.05, 0) is 42.9 Å². The molecule has 6 rings (SSSR count). The molecule has 2 spiro atoms. The average molecular weight is 476 g/mol. The summed E-state index contributed by atoms with van der Waals surface area (Å²) in [6, 6.07) is 5.07. The van der Waals surface area contributed by atoms with Gasteiger partial charge in [0.1, 0.15) is 17.8 Å². The van der Waals surface area contributed by atoms with Crippen LogP contribution in [-0.2, 0) is 21.3 Å². The molecule has 2 aromatic rings. The lowest BCUT2D eigenvalue weighted by molar-refractivity contribution is -0.137. The number of aromatic nitrogens is 1. The Balaban J connectivity index is 1.58. The van der Waals surface area contributed by atoms with Crippen molar-refractivity contribution in [3.63, 3.8) is 0 Å². The van der Waals surface area contributed by atoms with E-state index in [1.54, 1.807) is 0 Å². The fraction of sp³-hybridized carbons (Fsp3) is 0.577. The molecule has 4 unspecified atom stereocenters. The Morgan fingerprint density at radius 1 is 1.06 bits per heavy atom. The van der Waals surface area contributed by atoms with Crippen molar-refractivity contribution in [3.8, 4) is 0 Å². The molecule has 182 valence electrons. The monoisotopic (exact) mass is 475 g/mol. The summed E-state index contributed by atoms with van der Waals surface area (Å²) in [7, 11) is 0. The highest BCUT2D eigenvalue weighted by Crippen LogP contribution is 2.65. The first-order chi connectivity index (χ1) is 16.1. The summed E-state index contributed by atoms with van der Waals surface area (Å²) >= 11 is 0. The molecule has 34 heavy (non-hydrogen) atoms. The van der Waals surface area contributed by atoms with Gasteiger partial charge in [-0.1, -0.05) is 26.0 Å². The Bertz CT molecular complexity index is 1130. The molecule has 0 bridgehead atoms. The lowest BCUT2D eigenvalue weighted by Gasteiger charge is -2.37. The molecule has 1 aromatic heterocycles. The van der Waals surface area contributed by atoms with E-state index in [4.69, 9.17) is 14.5 Å². The zero-order valence-electron chi connectivity index (χ0n) is 19.2. The number of aliphatic hydroxyl groups is 2. The summed E-state index contributed by atoms with van der Waals surface area (Å²) in [5.74, 6) is -0.0153. The number of aliphatic hydroxyl groups excluding tert-OH is 2. The third kappa shape index (κ3) is 3.11. The Labute approximate surface area is 195 Å². The highest BCUT2D eigenvalue weighted by Gasteiger charge is 2.59. The maximum atomic E-state index is 13.2. The zero-order valence-corrected chi connectivity index (χ0v) is 19.2. The second-order valence-corrected chi connectivity index (χ2v) is 10.6. The molecular formula is C26H28F3NO4. The summed E-state index contributed by atoms with van der Waals surface area (Å²) in [5, 5.41) is 22.6. The minimum atomic E-state index is -4.42. The number of nitrogens with zero attached hydrogens (tertiary/aromatic N) is 1. The minimum absolute atomic E-state index is 0.0153. The quantitative estimate of drug-likeness (QED) is 0.624. The van der Waals surface area contributed by atoms with E-state index in [1.807, 2.05) is 13.8 Å². The van der Waals surface area contributed by atoms with E-state index in [2.05, 4.69) is 0 Å². The van der Waals surface area contributed by atoms with E-state index < -0.39 is 35.7 Å². The van der Waals surface area contributed by atoms with Gasteiger partial charge in [-0.2, -0.15) is 13.2 Å². The first-order valence-corrected chi connectivity index (χ1v) is 11.9. The van der Waals surface area contributed by atoms with Gasteiger partial charge in [0.2, 0.25) is 0 Å². The van der Waals surface area contributed by atoms with Crippen molar-refractivity contribution in [2.24, 2.45) is 5.41 Å². The van der Waals surface area contributed by atoms with E-state index >= 15 is 0 Å². The Kier molecular flexibility index (Phi) is 4.80. The molecule has 2 fully saturated rings. The SMILES string of the molecule is CC(C)c1nc2c(c3c1C(c1ccc(C(F)(F)F)cc1)OC31CCOC1)C(O)CC1(CC1)C2O. The maximum absolute atomic E-state index is 13.2. The van der Waals surface area contributed by atoms with Crippen molar-refractivity contribution in [2.45, 2.75) is 75.5 Å². The minimum Gasteiger partial charge on any atom is -0.388 e. The molecule has 2 aliphatic heterocycles. The van der Waals surface area contributed by atoms with Gasteiger partial charge in [0.15, 0.2) is 0 Å². The van der Waals surface area contributed by atoms with Gasteiger partial charge < -0.3 is 19.7 Å². The molecular weight excluding hydrogens is 447 g/mol. The average Bonchev–Trinajstić information content (AvgIpc) is 3.27. The van der Waals surface area contributed by atoms with Gasteiger partial charge in [-0.25, -0.2) is 0 Å². The van der Waals surface area contributed by atoms with Gasteiger partial charge >= 0.3 is 6.18 Å². The van der Waals surface area contributed by atoms with E-state index in [1.165, 1.54) is 12.1 Å². The normalized spacial score (nSPS) is 31.4. The van der Waals surface area contributed by atoms with Crippen LogP contribution in [-0.4, -0.2) is 28.4 Å². The number of fused-ring (bicyclic) bond motifs is 4. The second kappa shape index (κ2) is 7.26. The topological polar surface area (TPSA) is 71.8 Å². The Hall–Kier alpha value is -2.00. The molecule has 2 aliphatic carbocycles. The molecule has 2 N–H and O–H groups in total. The van der Waals surface area contributed by atoms with Crippen molar-refractivity contribution in [2.75, 3.05) is 13.2 Å². The summed E-state index contributed by atoms with van der Waals surface area (Å²) in [6.45, 7) is 4.79. The number of alkyl halides is 3. The summed E-state index contributed by atoms with van der Waals surface area (Å²) in [5.41, 5.74) is 2.29. The predicted octanol–water partition coefficient (Wildman–Crippen LogP) is 5.21. The molecule has 1 aromatic carbocycles. The van der Waals surface area contributed by atoms with Gasteiger partial charge in [0, 0.05) is 40.8 Å². The van der Waals surface area contributed by atoms with Gasteiger partial charge in [-0.3, -0.25) is 4.98 Å². The number of pyridine rings is 1. The molecule has 1 saturated carbocycles. The van der Waals surface area contributed by atoms with Gasteiger partial charge in [0.05, 0.1) is 24.0 Å². The number of hydrogen-bond donors (Lipinski definition) is 2. The molecule has 4 atom stereocenters. The Morgan fingerprint density at radius 2 is 1.76 bits per heavy atom. The molecule has 3 heterocycles. The molecule has 8 heteroatoms. The van der Waals surface area contributed by atoms with Gasteiger partial charge in [0.25, 0.3) is 0 Å². The van der Waals surface area contributed by atoms with E-state index in [0.717, 1.165) is 41.8 Å². The number of halogens is 3. The van der Waals surface area contributed by atoms with E-state index in [9.17, 15) is 23.4 Å². The molecule has 0 radical (unpaired) electrons. The van der Waals surface area contributed by atoms with Crippen LogP contribution < -0.4 is 0 Å². The molecule has 4 aliphatic rings. The van der Waals surface area contributed by atoms with Crippen molar-refractivity contribution in [1.29, 1.82) is 0 Å². The summed E-state index contributed by atoms with van der Waals surface area (Å²) in [6.07, 6.45) is -3.82. The first-order valence-electron chi connectivity index (χ1n) is 11.9. The fourth-order valence-electron chi connectivity index (χ4n) is 6.18. The van der Waals surface area contributed by atoms with Crippen LogP contribution in [0.5, 0.6) is 0 Å². The third-order valence-corrected chi connectivity index (χ3v) is 8.13. The van der Waals surface area contributed by atoms with Crippen LogP contribution in [0.25, 0.3) is 0 Å². The van der Waals surface area contributed by atoms with Crippen LogP contribution in [0, 0.1) is 5.41 Å². The van der Waals surface area contributed by atoms with Crippen molar-refractivity contribution in [1.82, 2.24) is 4.98 Å². The summed E-state index contributed by atoms with van der Waals surface area (Å²) in [4.78, 5) is 4.93. The van der Waals surface area contributed by atoms with Crippen LogP contribution >= 0.6 is 0 Å². The van der Waals surface area contributed by atoms with Crippen LogP contribution in [0.4, 0.5) is 13.2 Å². The number of benzene rings is 1. The van der Waals surface area contributed by atoms with Crippen molar-refractivity contribution < 1.29 is 32.9 Å². The van der Waals surface area contributed by atoms with Crippen LogP contribution in [0.3, 0.4) is 0 Å². The fourth-order valence-corrected chi connectivity index (χ4v) is 6.18. The van der Waals surface area contributed by atoms with Gasteiger partial charge in [-0.15, -0.1) is 0 Å². The lowest BCUT2D eigenvalue weighted by Crippen LogP contribution is -2.33. The smallest absolute Gasteiger partial charge is 0.388 e. The second-order valence-electron chi connectivity index (χ2n) is 10.6. The molecule has 5 nitrogen and oxygen atoms in total. The molecule has 1 saturated heterocycles. The number of ether oxygens (including phenoxy) is 2. The Morgan fingerprint density at radius 3 is 2.32 bits per heavy atom. The van der Waals surface area contributed by atoms with E-state index in [-0.39, 0.29) is 11.3 Å². The zero-order chi connectivity index (χ0) is 24.0. The maximum Gasteiger partial charge on any atom is 0.416 e. The predicted molar refractivity (Wildman–Crippen MR) is 116 cm³/mol. The van der Waals surface area contributed by atoms with Crippen LogP contribution in [0.15, 0.2) is 24.3 Å². The van der Waals surface area contributed by atoms with Crippen molar-refractivity contribution >= 4 is 0 Å². The first kappa shape index (κ1) is 22.5. The van der Waals surface area contributed by atoms with Crippen LogP contribution in [0.2, 0.25) is 0 Å². The lowest BCUT2D eigenvalue weighted by atomic mass is 9.73. The summed E-state index contributed by atoms with van der Waals surface area (Å²) < 4.78 is 51.9. The number of hydrogen-bond acceptors (Lipinski definition) is 5. The van der Waals surface area contributed by atoms with Crippen molar-refractivity contribution in [3.05, 3.63) is 63.5 Å². The standard InChI is InChI=1S/C26H28F3NO4/c1-13(2)20-18-19(17-16(31)11-24(7-8-24)23(32)21(17)30-20)25(9-10-33-12-25)34-22(18)14-3-5-15(6-4-14)26(27,28)29/h3-6,13,16,22-23,31-32H,7-12H2,1-2H3.